The number of anilines is 1. The minimum Gasteiger partial charge on any atom is -0.351 e. The Bertz CT molecular complexity index is 768. The second-order valence-corrected chi connectivity index (χ2v) is 6.31. The molecule has 0 bridgehead atoms. The summed E-state index contributed by atoms with van der Waals surface area (Å²) >= 11 is 0. The molecule has 3 rings (SSSR count). The quantitative estimate of drug-likeness (QED) is 0.781. The van der Waals surface area contributed by atoms with Crippen molar-refractivity contribution in [2.45, 2.75) is 31.2 Å². The van der Waals surface area contributed by atoms with Gasteiger partial charge in [-0.3, -0.25) is 4.79 Å². The summed E-state index contributed by atoms with van der Waals surface area (Å²) in [5.74, 6) is -0.340. The van der Waals surface area contributed by atoms with Crippen LogP contribution in [0.15, 0.2) is 48.5 Å². The number of hydrogen-bond donors (Lipinski definition) is 3. The highest BCUT2D eigenvalue weighted by molar-refractivity contribution is 5.89. The fourth-order valence-corrected chi connectivity index (χ4v) is 3.15. The van der Waals surface area contributed by atoms with E-state index in [9.17, 15) is 14.0 Å². The zero-order valence-electron chi connectivity index (χ0n) is 13.7. The molecule has 6 heteroatoms. The van der Waals surface area contributed by atoms with Gasteiger partial charge in [-0.2, -0.15) is 0 Å². The summed E-state index contributed by atoms with van der Waals surface area (Å²) in [7, 11) is 0. The molecule has 5 nitrogen and oxygen atoms in total. The molecule has 1 aliphatic rings. The fourth-order valence-electron chi connectivity index (χ4n) is 3.15. The van der Waals surface area contributed by atoms with Crippen LogP contribution in [0.25, 0.3) is 0 Å². The van der Waals surface area contributed by atoms with Crippen LogP contribution in [0.1, 0.15) is 30.4 Å². The lowest BCUT2D eigenvalue weighted by Gasteiger charge is -2.40. The van der Waals surface area contributed by atoms with Crippen LogP contribution in [-0.4, -0.2) is 11.9 Å². The number of carbonyl (C=O) groups excluding carboxylic acids is 2. The van der Waals surface area contributed by atoms with Crippen molar-refractivity contribution in [3.63, 3.8) is 0 Å². The maximum atomic E-state index is 13.1. The van der Waals surface area contributed by atoms with E-state index in [1.54, 1.807) is 24.3 Å². The first-order chi connectivity index (χ1) is 12.0. The van der Waals surface area contributed by atoms with Crippen molar-refractivity contribution >= 4 is 17.6 Å². The van der Waals surface area contributed by atoms with Gasteiger partial charge in [0.05, 0.1) is 5.41 Å². The molecule has 0 aromatic heterocycles. The highest BCUT2D eigenvalue weighted by Gasteiger charge is 2.45. The lowest BCUT2D eigenvalue weighted by atomic mass is 9.64. The number of hydrogen-bond acceptors (Lipinski definition) is 2. The number of amides is 3. The van der Waals surface area contributed by atoms with Crippen LogP contribution >= 0.6 is 0 Å². The van der Waals surface area contributed by atoms with Gasteiger partial charge in [-0.05, 0) is 48.2 Å². The number of carbonyl (C=O) groups is 2. The third kappa shape index (κ3) is 3.63. The predicted molar refractivity (Wildman–Crippen MR) is 93.4 cm³/mol. The second kappa shape index (κ2) is 6.93. The first kappa shape index (κ1) is 17.0. The normalized spacial score (nSPS) is 15.1. The molecule has 1 fully saturated rings. The number of benzene rings is 2. The summed E-state index contributed by atoms with van der Waals surface area (Å²) in [6, 6.07) is 12.6. The van der Waals surface area contributed by atoms with Gasteiger partial charge in [-0.1, -0.05) is 30.7 Å². The van der Waals surface area contributed by atoms with Crippen molar-refractivity contribution in [3.8, 4) is 0 Å². The van der Waals surface area contributed by atoms with E-state index in [4.69, 9.17) is 5.73 Å². The molecule has 0 unspecified atom stereocenters. The maximum absolute atomic E-state index is 13.1. The third-order valence-electron chi connectivity index (χ3n) is 4.71. The Balaban J connectivity index is 1.65. The summed E-state index contributed by atoms with van der Waals surface area (Å²) < 4.78 is 13.1. The smallest absolute Gasteiger partial charge is 0.316 e. The van der Waals surface area contributed by atoms with Crippen LogP contribution in [0.3, 0.4) is 0 Å². The van der Waals surface area contributed by atoms with Gasteiger partial charge in [-0.25, -0.2) is 9.18 Å². The van der Waals surface area contributed by atoms with E-state index in [0.717, 1.165) is 30.4 Å². The van der Waals surface area contributed by atoms with Gasteiger partial charge in [0.15, 0.2) is 0 Å². The average Bonchev–Trinajstić information content (AvgIpc) is 2.54. The highest BCUT2D eigenvalue weighted by Crippen LogP contribution is 2.44. The van der Waals surface area contributed by atoms with Gasteiger partial charge >= 0.3 is 6.03 Å². The molecular formula is C19H20FN3O2. The number of rotatable bonds is 5. The van der Waals surface area contributed by atoms with Gasteiger partial charge in [0.1, 0.15) is 5.82 Å². The molecule has 130 valence electrons. The summed E-state index contributed by atoms with van der Waals surface area (Å²) in [5, 5.41) is 5.46. The van der Waals surface area contributed by atoms with Crippen LogP contribution in [0, 0.1) is 5.82 Å². The van der Waals surface area contributed by atoms with E-state index in [2.05, 4.69) is 10.6 Å². The molecule has 0 atom stereocenters. The number of nitrogens with two attached hydrogens (primary N) is 1. The molecule has 1 saturated carbocycles. The zero-order chi connectivity index (χ0) is 17.9. The van der Waals surface area contributed by atoms with E-state index in [1.807, 2.05) is 12.1 Å². The summed E-state index contributed by atoms with van der Waals surface area (Å²) in [6.45, 7) is 0.388. The van der Waals surface area contributed by atoms with Crippen LogP contribution in [0.5, 0.6) is 0 Å². The van der Waals surface area contributed by atoms with Crippen molar-refractivity contribution in [3.05, 3.63) is 65.5 Å². The zero-order valence-corrected chi connectivity index (χ0v) is 13.7. The number of urea groups is 1. The predicted octanol–water partition coefficient (Wildman–Crippen LogP) is 3.05. The molecular weight excluding hydrogens is 321 g/mol. The number of primary amides is 1. The fraction of sp³-hybridized carbons (Fsp3) is 0.263. The van der Waals surface area contributed by atoms with Crippen molar-refractivity contribution in [1.82, 2.24) is 5.32 Å². The molecule has 1 aliphatic carbocycles. The van der Waals surface area contributed by atoms with Crippen LogP contribution < -0.4 is 16.4 Å². The minimum absolute atomic E-state index is 0.0373. The summed E-state index contributed by atoms with van der Waals surface area (Å²) in [5.41, 5.74) is 6.89. The Morgan fingerprint density at radius 2 is 1.68 bits per heavy atom. The molecule has 2 aromatic rings. The number of halogens is 1. The SMILES string of the molecule is NC(=O)Nc1ccc(CNC(=O)C2(c3ccc(F)cc3)CCC2)cc1. The topological polar surface area (TPSA) is 84.2 Å². The molecule has 25 heavy (non-hydrogen) atoms. The van der Waals surface area contributed by atoms with Crippen molar-refractivity contribution in [2.75, 3.05) is 5.32 Å². The minimum atomic E-state index is -0.618. The Kier molecular flexibility index (Phi) is 4.70. The molecule has 0 spiro atoms. The molecule has 0 aliphatic heterocycles. The van der Waals surface area contributed by atoms with Gasteiger partial charge in [0.25, 0.3) is 0 Å². The molecule has 0 radical (unpaired) electrons. The standard InChI is InChI=1S/C19H20FN3O2/c20-15-6-4-14(5-7-15)19(10-1-11-19)17(24)22-12-13-2-8-16(9-3-13)23-18(21)25/h2-9H,1,10-12H2,(H,22,24)(H3,21,23,25). The average molecular weight is 341 g/mol. The maximum Gasteiger partial charge on any atom is 0.316 e. The molecule has 4 N–H and O–H groups in total. The van der Waals surface area contributed by atoms with Crippen molar-refractivity contribution in [1.29, 1.82) is 0 Å². The van der Waals surface area contributed by atoms with Crippen LogP contribution in [-0.2, 0) is 16.8 Å². The van der Waals surface area contributed by atoms with Gasteiger partial charge in [0, 0.05) is 12.2 Å². The van der Waals surface area contributed by atoms with E-state index in [-0.39, 0.29) is 11.7 Å². The summed E-state index contributed by atoms with van der Waals surface area (Å²) in [4.78, 5) is 23.5. The first-order valence-electron chi connectivity index (χ1n) is 8.19. The van der Waals surface area contributed by atoms with E-state index in [0.29, 0.717) is 12.2 Å². The van der Waals surface area contributed by atoms with E-state index < -0.39 is 11.4 Å². The van der Waals surface area contributed by atoms with Crippen LogP contribution in [0.4, 0.5) is 14.9 Å². The van der Waals surface area contributed by atoms with E-state index in [1.165, 1.54) is 12.1 Å². The highest BCUT2D eigenvalue weighted by atomic mass is 19.1. The van der Waals surface area contributed by atoms with Gasteiger partial charge in [0.2, 0.25) is 5.91 Å². The van der Waals surface area contributed by atoms with Gasteiger partial charge < -0.3 is 16.4 Å². The Morgan fingerprint density at radius 1 is 1.04 bits per heavy atom. The Hall–Kier alpha value is -2.89. The van der Waals surface area contributed by atoms with Crippen molar-refractivity contribution in [2.24, 2.45) is 5.73 Å². The van der Waals surface area contributed by atoms with Gasteiger partial charge in [-0.15, -0.1) is 0 Å². The molecule has 0 saturated heterocycles. The third-order valence-corrected chi connectivity index (χ3v) is 4.71. The Morgan fingerprint density at radius 3 is 2.20 bits per heavy atom. The first-order valence-corrected chi connectivity index (χ1v) is 8.19. The monoisotopic (exact) mass is 341 g/mol. The lowest BCUT2D eigenvalue weighted by Crippen LogP contribution is -2.49. The molecule has 0 heterocycles. The second-order valence-electron chi connectivity index (χ2n) is 6.31. The summed E-state index contributed by atoms with van der Waals surface area (Å²) in [6.07, 6.45) is 2.52. The molecule has 2 aromatic carbocycles. The largest absolute Gasteiger partial charge is 0.351 e. The van der Waals surface area contributed by atoms with Crippen molar-refractivity contribution < 1.29 is 14.0 Å². The lowest BCUT2D eigenvalue weighted by molar-refractivity contribution is -0.130. The molecule has 3 amide bonds. The Labute approximate surface area is 145 Å². The van der Waals surface area contributed by atoms with E-state index >= 15 is 0 Å². The van der Waals surface area contributed by atoms with Crippen LogP contribution in [0.2, 0.25) is 0 Å². The number of nitrogens with one attached hydrogen (secondary N) is 2.